The van der Waals surface area contributed by atoms with Crippen LogP contribution in [0.15, 0.2) is 12.3 Å². The molecule has 0 atom stereocenters. The molecule has 1 aliphatic heterocycles. The number of fused-ring (bicyclic) bond motifs is 1. The summed E-state index contributed by atoms with van der Waals surface area (Å²) in [5, 5.41) is 0. The van der Waals surface area contributed by atoms with Gasteiger partial charge in [0.05, 0.1) is 18.3 Å². The summed E-state index contributed by atoms with van der Waals surface area (Å²) in [6, 6.07) is 2.06. The Hall–Kier alpha value is -1.38. The summed E-state index contributed by atoms with van der Waals surface area (Å²) in [7, 11) is 1.80. The van der Waals surface area contributed by atoms with Crippen LogP contribution >= 0.6 is 0 Å². The number of hydrogen-bond donors (Lipinski definition) is 0. The van der Waals surface area contributed by atoms with Crippen molar-refractivity contribution in [3.05, 3.63) is 23.5 Å². The summed E-state index contributed by atoms with van der Waals surface area (Å²) < 4.78 is 0. The van der Waals surface area contributed by atoms with Crippen LogP contribution in [0.5, 0.6) is 0 Å². The number of aryl methyl sites for hydroxylation is 1. The quantitative estimate of drug-likeness (QED) is 0.709. The maximum absolute atomic E-state index is 11.4. The van der Waals surface area contributed by atoms with Crippen LogP contribution in [0.1, 0.15) is 24.6 Å². The third kappa shape index (κ3) is 1.39. The second kappa shape index (κ2) is 3.40. The molecule has 0 spiro atoms. The number of nitrogens with zero attached hydrogens (tertiary/aromatic N) is 2. The molecule has 0 fully saturated rings. The van der Waals surface area contributed by atoms with Gasteiger partial charge in [0, 0.05) is 12.7 Å². The zero-order chi connectivity index (χ0) is 10.1. The molecule has 0 saturated carbocycles. The molecule has 0 radical (unpaired) electrons. The van der Waals surface area contributed by atoms with Gasteiger partial charge in [-0.15, -0.1) is 0 Å². The molecule has 74 valence electrons. The SMILES string of the molecule is CCCc1cc2c(cn1)N(C)C(=O)C2. The van der Waals surface area contributed by atoms with Gasteiger partial charge in [0.25, 0.3) is 0 Å². The van der Waals surface area contributed by atoms with Crippen molar-refractivity contribution in [3.63, 3.8) is 0 Å². The van der Waals surface area contributed by atoms with E-state index in [-0.39, 0.29) is 5.91 Å². The van der Waals surface area contributed by atoms with Gasteiger partial charge in [0.2, 0.25) is 5.91 Å². The van der Waals surface area contributed by atoms with E-state index in [1.54, 1.807) is 11.9 Å². The van der Waals surface area contributed by atoms with Crippen molar-refractivity contribution in [1.82, 2.24) is 4.98 Å². The highest BCUT2D eigenvalue weighted by Gasteiger charge is 2.24. The van der Waals surface area contributed by atoms with Crippen LogP contribution in [0.2, 0.25) is 0 Å². The van der Waals surface area contributed by atoms with Gasteiger partial charge in [-0.3, -0.25) is 9.78 Å². The molecule has 0 bridgehead atoms. The highest BCUT2D eigenvalue weighted by molar-refractivity contribution is 6.00. The molecule has 3 heteroatoms. The van der Waals surface area contributed by atoms with Gasteiger partial charge < -0.3 is 4.90 Å². The average Bonchev–Trinajstić information content (AvgIpc) is 2.43. The lowest BCUT2D eigenvalue weighted by Crippen LogP contribution is -2.20. The number of carbonyl (C=O) groups is 1. The maximum Gasteiger partial charge on any atom is 0.231 e. The van der Waals surface area contributed by atoms with Crippen LogP contribution in [0.4, 0.5) is 5.69 Å². The molecular weight excluding hydrogens is 176 g/mol. The highest BCUT2D eigenvalue weighted by Crippen LogP contribution is 2.27. The molecule has 1 aliphatic rings. The molecule has 14 heavy (non-hydrogen) atoms. The third-order valence-corrected chi connectivity index (χ3v) is 2.61. The molecule has 1 aromatic rings. The van der Waals surface area contributed by atoms with E-state index in [1.165, 1.54) is 0 Å². The van der Waals surface area contributed by atoms with Crippen molar-refractivity contribution in [2.75, 3.05) is 11.9 Å². The van der Waals surface area contributed by atoms with Gasteiger partial charge in [-0.05, 0) is 18.1 Å². The van der Waals surface area contributed by atoms with Gasteiger partial charge >= 0.3 is 0 Å². The number of amides is 1. The normalized spacial score (nSPS) is 14.7. The number of anilines is 1. The molecule has 1 amide bonds. The summed E-state index contributed by atoms with van der Waals surface area (Å²) in [4.78, 5) is 17.4. The molecular formula is C11H14N2O. The summed E-state index contributed by atoms with van der Waals surface area (Å²) in [5.74, 6) is 0.162. The van der Waals surface area contributed by atoms with E-state index in [4.69, 9.17) is 0 Å². The third-order valence-electron chi connectivity index (χ3n) is 2.61. The fourth-order valence-corrected chi connectivity index (χ4v) is 1.79. The number of rotatable bonds is 2. The Bertz CT molecular complexity index is 374. The van der Waals surface area contributed by atoms with Crippen molar-refractivity contribution < 1.29 is 4.79 Å². The fraction of sp³-hybridized carbons (Fsp3) is 0.455. The lowest BCUT2D eigenvalue weighted by molar-refractivity contribution is -0.117. The van der Waals surface area contributed by atoms with E-state index < -0.39 is 0 Å². The molecule has 0 aromatic carbocycles. The molecule has 3 nitrogen and oxygen atoms in total. The minimum absolute atomic E-state index is 0.162. The first-order valence-corrected chi connectivity index (χ1v) is 4.96. The van der Waals surface area contributed by atoms with Gasteiger partial charge in [-0.2, -0.15) is 0 Å². The Morgan fingerprint density at radius 2 is 2.36 bits per heavy atom. The second-order valence-electron chi connectivity index (χ2n) is 3.68. The molecule has 2 rings (SSSR count). The first-order valence-electron chi connectivity index (χ1n) is 4.96. The van der Waals surface area contributed by atoms with Crippen LogP contribution in [-0.2, 0) is 17.6 Å². The van der Waals surface area contributed by atoms with Crippen molar-refractivity contribution in [1.29, 1.82) is 0 Å². The van der Waals surface area contributed by atoms with Gasteiger partial charge in [0.1, 0.15) is 0 Å². The lowest BCUT2D eigenvalue weighted by atomic mass is 10.1. The number of aromatic nitrogens is 1. The largest absolute Gasteiger partial charge is 0.313 e. The Kier molecular flexibility index (Phi) is 2.23. The van der Waals surface area contributed by atoms with Crippen molar-refractivity contribution in [2.45, 2.75) is 26.2 Å². The topological polar surface area (TPSA) is 33.2 Å². The molecule has 0 saturated heterocycles. The molecule has 0 N–H and O–H groups in total. The Labute approximate surface area is 83.8 Å². The number of pyridine rings is 1. The summed E-state index contributed by atoms with van der Waals surface area (Å²) in [5.41, 5.74) is 3.18. The maximum atomic E-state index is 11.4. The Morgan fingerprint density at radius 1 is 1.57 bits per heavy atom. The van der Waals surface area contributed by atoms with Crippen LogP contribution in [-0.4, -0.2) is 17.9 Å². The zero-order valence-electron chi connectivity index (χ0n) is 8.58. The van der Waals surface area contributed by atoms with Gasteiger partial charge in [-0.25, -0.2) is 0 Å². The summed E-state index contributed by atoms with van der Waals surface area (Å²) >= 11 is 0. The smallest absolute Gasteiger partial charge is 0.231 e. The van der Waals surface area contributed by atoms with Crippen molar-refractivity contribution >= 4 is 11.6 Å². The fourth-order valence-electron chi connectivity index (χ4n) is 1.79. The van der Waals surface area contributed by atoms with E-state index in [2.05, 4.69) is 18.0 Å². The molecule has 0 aliphatic carbocycles. The van der Waals surface area contributed by atoms with Crippen LogP contribution in [0.25, 0.3) is 0 Å². The summed E-state index contributed by atoms with van der Waals surface area (Å²) in [6.07, 6.45) is 4.43. The monoisotopic (exact) mass is 190 g/mol. The van der Waals surface area contributed by atoms with Crippen molar-refractivity contribution in [2.24, 2.45) is 0 Å². The standard InChI is InChI=1S/C11H14N2O/c1-3-4-9-5-8-6-11(14)13(2)10(8)7-12-9/h5,7H,3-4,6H2,1-2H3. The lowest BCUT2D eigenvalue weighted by Gasteiger charge is -2.09. The summed E-state index contributed by atoms with van der Waals surface area (Å²) in [6.45, 7) is 2.13. The predicted molar refractivity (Wildman–Crippen MR) is 55.3 cm³/mol. The van der Waals surface area contributed by atoms with Gasteiger partial charge in [0.15, 0.2) is 0 Å². The van der Waals surface area contributed by atoms with Crippen LogP contribution in [0.3, 0.4) is 0 Å². The van der Waals surface area contributed by atoms with E-state index in [0.29, 0.717) is 6.42 Å². The number of likely N-dealkylation sites (N-methyl/N-ethyl adjacent to an activating group) is 1. The van der Waals surface area contributed by atoms with E-state index in [1.807, 2.05) is 6.20 Å². The van der Waals surface area contributed by atoms with Crippen LogP contribution < -0.4 is 4.90 Å². The first kappa shape index (κ1) is 9.19. The predicted octanol–water partition coefficient (Wildman–Crippen LogP) is 1.55. The van der Waals surface area contributed by atoms with E-state index in [0.717, 1.165) is 29.8 Å². The Morgan fingerprint density at radius 3 is 3.07 bits per heavy atom. The Balaban J connectivity index is 2.34. The molecule has 1 aromatic heterocycles. The van der Waals surface area contributed by atoms with Gasteiger partial charge in [-0.1, -0.05) is 13.3 Å². The minimum Gasteiger partial charge on any atom is -0.313 e. The van der Waals surface area contributed by atoms with E-state index in [9.17, 15) is 4.79 Å². The highest BCUT2D eigenvalue weighted by atomic mass is 16.2. The molecule has 0 unspecified atom stereocenters. The van der Waals surface area contributed by atoms with Crippen LogP contribution in [0, 0.1) is 0 Å². The molecule has 2 heterocycles. The average molecular weight is 190 g/mol. The number of carbonyl (C=O) groups excluding carboxylic acids is 1. The van der Waals surface area contributed by atoms with E-state index >= 15 is 0 Å². The first-order chi connectivity index (χ1) is 6.72. The zero-order valence-corrected chi connectivity index (χ0v) is 8.58. The second-order valence-corrected chi connectivity index (χ2v) is 3.68. The minimum atomic E-state index is 0.162. The van der Waals surface area contributed by atoms with Crippen molar-refractivity contribution in [3.8, 4) is 0 Å². The number of hydrogen-bond acceptors (Lipinski definition) is 2.